The van der Waals surface area contributed by atoms with E-state index in [1.54, 1.807) is 6.33 Å². The zero-order valence-electron chi connectivity index (χ0n) is 13.1. The van der Waals surface area contributed by atoms with Crippen molar-refractivity contribution in [2.45, 2.75) is 19.4 Å². The van der Waals surface area contributed by atoms with Crippen LogP contribution in [0.3, 0.4) is 0 Å². The normalized spacial score (nSPS) is 26.1. The monoisotopic (exact) mass is 306 g/mol. The molecule has 0 spiro atoms. The second kappa shape index (κ2) is 6.18. The van der Waals surface area contributed by atoms with E-state index >= 15 is 0 Å². The maximum Gasteiger partial charge on any atom is 0.256 e. The average Bonchev–Trinajstić information content (AvgIpc) is 2.55. The SMILES string of the molecule is Cc1cc(N2CCOC(C)(C(=O)N3CCOCC3)C2)ncn1. The molecule has 22 heavy (non-hydrogen) atoms. The summed E-state index contributed by atoms with van der Waals surface area (Å²) in [5.41, 5.74) is 0.0757. The van der Waals surface area contributed by atoms with Crippen LogP contribution in [0.4, 0.5) is 5.82 Å². The summed E-state index contributed by atoms with van der Waals surface area (Å²) in [7, 11) is 0. The molecule has 3 rings (SSSR count). The molecule has 7 nitrogen and oxygen atoms in total. The van der Waals surface area contributed by atoms with E-state index < -0.39 is 5.60 Å². The number of ether oxygens (including phenoxy) is 2. The van der Waals surface area contributed by atoms with Crippen molar-refractivity contribution in [3.05, 3.63) is 18.1 Å². The summed E-state index contributed by atoms with van der Waals surface area (Å²) in [6.45, 7) is 7.98. The summed E-state index contributed by atoms with van der Waals surface area (Å²) in [6.07, 6.45) is 1.56. The standard InChI is InChI=1S/C15H22N4O3/c1-12-9-13(17-11-16-12)19-5-8-22-15(2,10-19)14(20)18-3-6-21-7-4-18/h9,11H,3-8,10H2,1-2H3. The Hall–Kier alpha value is -1.73. The highest BCUT2D eigenvalue weighted by Crippen LogP contribution is 2.24. The molecule has 2 fully saturated rings. The second-order valence-electron chi connectivity index (χ2n) is 5.92. The number of aryl methyl sites for hydroxylation is 1. The third-order valence-corrected chi connectivity index (χ3v) is 4.14. The largest absolute Gasteiger partial charge is 0.378 e. The second-order valence-corrected chi connectivity index (χ2v) is 5.92. The van der Waals surface area contributed by atoms with Gasteiger partial charge in [-0.2, -0.15) is 0 Å². The van der Waals surface area contributed by atoms with Crippen molar-refractivity contribution in [1.29, 1.82) is 0 Å². The van der Waals surface area contributed by atoms with Crippen LogP contribution >= 0.6 is 0 Å². The molecule has 1 atom stereocenters. The van der Waals surface area contributed by atoms with Crippen LogP contribution < -0.4 is 4.90 Å². The van der Waals surface area contributed by atoms with Gasteiger partial charge in [0.25, 0.3) is 5.91 Å². The zero-order chi connectivity index (χ0) is 15.6. The summed E-state index contributed by atoms with van der Waals surface area (Å²) >= 11 is 0. The first-order valence-corrected chi connectivity index (χ1v) is 7.63. The van der Waals surface area contributed by atoms with Gasteiger partial charge in [-0.15, -0.1) is 0 Å². The molecule has 1 aromatic heterocycles. The van der Waals surface area contributed by atoms with E-state index in [1.165, 1.54) is 0 Å². The summed E-state index contributed by atoms with van der Waals surface area (Å²) in [4.78, 5) is 25.2. The minimum atomic E-state index is -0.839. The number of morpholine rings is 2. The van der Waals surface area contributed by atoms with E-state index in [1.807, 2.05) is 24.8 Å². The van der Waals surface area contributed by atoms with Gasteiger partial charge < -0.3 is 19.3 Å². The Morgan fingerprint density at radius 3 is 2.73 bits per heavy atom. The molecule has 1 amide bonds. The van der Waals surface area contributed by atoms with Crippen LogP contribution in [-0.2, 0) is 14.3 Å². The smallest absolute Gasteiger partial charge is 0.256 e. The van der Waals surface area contributed by atoms with Crippen molar-refractivity contribution in [3.63, 3.8) is 0 Å². The number of hydrogen-bond donors (Lipinski definition) is 0. The van der Waals surface area contributed by atoms with Crippen molar-refractivity contribution >= 4 is 11.7 Å². The molecular formula is C15H22N4O3. The molecule has 2 aliphatic rings. The summed E-state index contributed by atoms with van der Waals surface area (Å²) in [5.74, 6) is 0.878. The van der Waals surface area contributed by atoms with Crippen molar-refractivity contribution in [2.24, 2.45) is 0 Å². The highest BCUT2D eigenvalue weighted by molar-refractivity contribution is 5.86. The van der Waals surface area contributed by atoms with Crippen LogP contribution in [0.1, 0.15) is 12.6 Å². The van der Waals surface area contributed by atoms with Crippen LogP contribution in [0.15, 0.2) is 12.4 Å². The first kappa shape index (κ1) is 15.2. The van der Waals surface area contributed by atoms with Gasteiger partial charge in [0.2, 0.25) is 0 Å². The number of rotatable bonds is 2. The van der Waals surface area contributed by atoms with Gasteiger partial charge in [-0.1, -0.05) is 0 Å². The Bertz CT molecular complexity index is 547. The number of nitrogens with zero attached hydrogens (tertiary/aromatic N) is 4. The summed E-state index contributed by atoms with van der Waals surface area (Å²) in [6, 6.07) is 1.94. The van der Waals surface area contributed by atoms with Crippen molar-refractivity contribution in [1.82, 2.24) is 14.9 Å². The number of carbonyl (C=O) groups excluding carboxylic acids is 1. The fourth-order valence-electron chi connectivity index (χ4n) is 2.91. The van der Waals surface area contributed by atoms with Gasteiger partial charge in [0.15, 0.2) is 5.60 Å². The maximum absolute atomic E-state index is 12.8. The van der Waals surface area contributed by atoms with Crippen LogP contribution in [0.2, 0.25) is 0 Å². The number of carbonyl (C=O) groups is 1. The molecule has 0 saturated carbocycles. The molecule has 1 unspecified atom stereocenters. The van der Waals surface area contributed by atoms with E-state index in [0.717, 1.165) is 18.1 Å². The van der Waals surface area contributed by atoms with Gasteiger partial charge in [0, 0.05) is 31.4 Å². The van der Waals surface area contributed by atoms with Crippen LogP contribution in [0.25, 0.3) is 0 Å². The van der Waals surface area contributed by atoms with Crippen LogP contribution in [0.5, 0.6) is 0 Å². The molecular weight excluding hydrogens is 284 g/mol. The molecule has 0 aliphatic carbocycles. The van der Waals surface area contributed by atoms with E-state index in [-0.39, 0.29) is 5.91 Å². The first-order chi connectivity index (χ1) is 10.6. The lowest BCUT2D eigenvalue weighted by Crippen LogP contribution is -2.60. The highest BCUT2D eigenvalue weighted by Gasteiger charge is 2.42. The highest BCUT2D eigenvalue weighted by atomic mass is 16.5. The fourth-order valence-corrected chi connectivity index (χ4v) is 2.91. The number of anilines is 1. The molecule has 0 aromatic carbocycles. The summed E-state index contributed by atoms with van der Waals surface area (Å²) < 4.78 is 11.2. The Kier molecular flexibility index (Phi) is 4.26. The Labute approximate surface area is 130 Å². The lowest BCUT2D eigenvalue weighted by Gasteiger charge is -2.42. The predicted molar refractivity (Wildman–Crippen MR) is 80.7 cm³/mol. The molecule has 2 aliphatic heterocycles. The number of amides is 1. The quantitative estimate of drug-likeness (QED) is 0.780. The first-order valence-electron chi connectivity index (χ1n) is 7.63. The zero-order valence-corrected chi connectivity index (χ0v) is 13.1. The van der Waals surface area contributed by atoms with Crippen LogP contribution in [0, 0.1) is 6.92 Å². The predicted octanol–water partition coefficient (Wildman–Crippen LogP) is 0.239. The van der Waals surface area contributed by atoms with Crippen LogP contribution in [-0.4, -0.2) is 72.4 Å². The Morgan fingerprint density at radius 2 is 2.00 bits per heavy atom. The molecule has 0 bridgehead atoms. The average molecular weight is 306 g/mol. The molecule has 2 saturated heterocycles. The van der Waals surface area contributed by atoms with Gasteiger partial charge in [-0.3, -0.25) is 4.79 Å². The van der Waals surface area contributed by atoms with E-state index in [2.05, 4.69) is 14.9 Å². The molecule has 0 N–H and O–H groups in total. The molecule has 1 aromatic rings. The number of hydrogen-bond acceptors (Lipinski definition) is 6. The minimum Gasteiger partial charge on any atom is -0.378 e. The minimum absolute atomic E-state index is 0.0336. The lowest BCUT2D eigenvalue weighted by atomic mass is 10.0. The van der Waals surface area contributed by atoms with Gasteiger partial charge in [0.1, 0.15) is 12.1 Å². The van der Waals surface area contributed by atoms with Gasteiger partial charge >= 0.3 is 0 Å². The van der Waals surface area contributed by atoms with E-state index in [0.29, 0.717) is 39.5 Å². The van der Waals surface area contributed by atoms with Crippen molar-refractivity contribution in [3.8, 4) is 0 Å². The molecule has 120 valence electrons. The van der Waals surface area contributed by atoms with E-state index in [4.69, 9.17) is 9.47 Å². The maximum atomic E-state index is 12.8. The molecule has 0 radical (unpaired) electrons. The molecule has 7 heteroatoms. The van der Waals surface area contributed by atoms with Gasteiger partial charge in [-0.05, 0) is 13.8 Å². The van der Waals surface area contributed by atoms with Gasteiger partial charge in [0.05, 0.1) is 26.4 Å². The molecule has 3 heterocycles. The third-order valence-electron chi connectivity index (χ3n) is 4.14. The third kappa shape index (κ3) is 3.05. The van der Waals surface area contributed by atoms with Gasteiger partial charge in [-0.25, -0.2) is 9.97 Å². The Balaban J connectivity index is 1.74. The van der Waals surface area contributed by atoms with Crippen molar-refractivity contribution < 1.29 is 14.3 Å². The Morgan fingerprint density at radius 1 is 1.23 bits per heavy atom. The van der Waals surface area contributed by atoms with Crippen molar-refractivity contribution in [2.75, 3.05) is 50.9 Å². The topological polar surface area (TPSA) is 67.8 Å². The lowest BCUT2D eigenvalue weighted by molar-refractivity contribution is -0.161. The van der Waals surface area contributed by atoms with E-state index in [9.17, 15) is 4.79 Å². The fraction of sp³-hybridized carbons (Fsp3) is 0.667. The summed E-state index contributed by atoms with van der Waals surface area (Å²) in [5, 5.41) is 0. The number of aromatic nitrogens is 2.